The third-order valence-corrected chi connectivity index (χ3v) is 9.42. The Morgan fingerprint density at radius 2 is 1.73 bits per heavy atom. The van der Waals surface area contributed by atoms with Crippen molar-refractivity contribution in [2.45, 2.75) is 23.5 Å². The van der Waals surface area contributed by atoms with E-state index in [9.17, 15) is 24.5 Å². The van der Waals surface area contributed by atoms with Gasteiger partial charge < -0.3 is 16.0 Å². The van der Waals surface area contributed by atoms with Crippen LogP contribution < -0.4 is 16.0 Å². The normalized spacial score (nSPS) is 11.8. The first-order valence-corrected chi connectivity index (χ1v) is 17.2. The van der Waals surface area contributed by atoms with Crippen molar-refractivity contribution in [1.29, 1.82) is 0 Å². The molecule has 13 heteroatoms. The van der Waals surface area contributed by atoms with Crippen molar-refractivity contribution >= 4 is 79.3 Å². The van der Waals surface area contributed by atoms with Crippen LogP contribution in [0.4, 0.5) is 16.5 Å². The van der Waals surface area contributed by atoms with Gasteiger partial charge in [-0.25, -0.2) is 4.98 Å². The summed E-state index contributed by atoms with van der Waals surface area (Å²) < 4.78 is 0.822. The van der Waals surface area contributed by atoms with Gasteiger partial charge in [0.1, 0.15) is 5.70 Å². The van der Waals surface area contributed by atoms with Gasteiger partial charge >= 0.3 is 0 Å². The lowest BCUT2D eigenvalue weighted by Gasteiger charge is -2.15. The summed E-state index contributed by atoms with van der Waals surface area (Å²) in [5, 5.41) is 21.2. The molecule has 0 saturated carbocycles. The zero-order valence-electron chi connectivity index (χ0n) is 25.4. The van der Waals surface area contributed by atoms with Crippen LogP contribution in [0.25, 0.3) is 17.3 Å². The molecule has 1 unspecified atom stereocenters. The number of nitrogens with one attached hydrogen (secondary N) is 3. The fourth-order valence-corrected chi connectivity index (χ4v) is 6.62. The number of aromatic nitrogens is 1. The first-order chi connectivity index (χ1) is 23.2. The standard InChI is InChI=1S/C35H28BrN5O5S2/c1-2-31(34(44)40-35-39-30(21-47-35)24-12-7-15-27(19-24)41(45)46)48-28-16-8-14-26(20-28)37-33(43)29(18-22-9-6-13-25(36)17-22)38-32(42)23-10-4-3-5-11-23/h3-21,31H,2H2,1H3,(H,37,43)(H,38,42)(H,39,40,44)/b29-18+. The molecule has 1 atom stereocenters. The average molecular weight is 743 g/mol. The molecule has 0 spiro atoms. The van der Waals surface area contributed by atoms with Crippen molar-refractivity contribution in [2.24, 2.45) is 0 Å². The maximum Gasteiger partial charge on any atom is 0.272 e. The molecule has 0 radical (unpaired) electrons. The van der Waals surface area contributed by atoms with E-state index in [4.69, 9.17) is 0 Å². The lowest BCUT2D eigenvalue weighted by atomic mass is 10.1. The Morgan fingerprint density at radius 1 is 0.958 bits per heavy atom. The predicted octanol–water partition coefficient (Wildman–Crippen LogP) is 8.40. The number of amides is 3. The first-order valence-electron chi connectivity index (χ1n) is 14.6. The number of nitro benzene ring substituents is 1. The minimum absolute atomic E-state index is 0.0411. The van der Waals surface area contributed by atoms with E-state index in [1.807, 2.05) is 37.3 Å². The zero-order valence-corrected chi connectivity index (χ0v) is 28.6. The molecular formula is C35H28BrN5O5S2. The third-order valence-electron chi connectivity index (χ3n) is 6.81. The molecule has 0 aliphatic rings. The van der Waals surface area contributed by atoms with E-state index in [1.54, 1.807) is 72.1 Å². The summed E-state index contributed by atoms with van der Waals surface area (Å²) in [6.07, 6.45) is 2.11. The van der Waals surface area contributed by atoms with Crippen molar-refractivity contribution < 1.29 is 19.3 Å². The average Bonchev–Trinajstić information content (AvgIpc) is 3.56. The Hall–Kier alpha value is -5.11. The Morgan fingerprint density at radius 3 is 2.48 bits per heavy atom. The number of carbonyl (C=O) groups excluding carboxylic acids is 3. The molecule has 242 valence electrons. The van der Waals surface area contributed by atoms with Crippen LogP contribution in [0, 0.1) is 10.1 Å². The van der Waals surface area contributed by atoms with Crippen molar-refractivity contribution in [3.63, 3.8) is 0 Å². The Kier molecular flexibility index (Phi) is 11.5. The number of halogens is 1. The molecule has 0 aliphatic carbocycles. The van der Waals surface area contributed by atoms with E-state index < -0.39 is 22.0 Å². The van der Waals surface area contributed by atoms with Crippen LogP contribution in [-0.4, -0.2) is 32.9 Å². The number of hydrogen-bond acceptors (Lipinski definition) is 8. The highest BCUT2D eigenvalue weighted by Gasteiger charge is 2.21. The van der Waals surface area contributed by atoms with Crippen LogP contribution in [-0.2, 0) is 9.59 Å². The van der Waals surface area contributed by atoms with Crippen LogP contribution in [0.1, 0.15) is 29.3 Å². The van der Waals surface area contributed by atoms with Crippen molar-refractivity contribution in [3.8, 4) is 11.3 Å². The number of nitro groups is 1. The van der Waals surface area contributed by atoms with Gasteiger partial charge in [0.25, 0.3) is 17.5 Å². The fraction of sp³-hybridized carbons (Fsp3) is 0.0857. The topological polar surface area (TPSA) is 143 Å². The highest BCUT2D eigenvalue weighted by atomic mass is 79.9. The number of nitrogens with zero attached hydrogens (tertiary/aromatic N) is 2. The summed E-state index contributed by atoms with van der Waals surface area (Å²) in [5.74, 6) is -1.19. The van der Waals surface area contributed by atoms with Gasteiger partial charge in [-0.05, 0) is 60.5 Å². The molecular weight excluding hydrogens is 714 g/mol. The van der Waals surface area contributed by atoms with E-state index >= 15 is 0 Å². The molecule has 0 bridgehead atoms. The molecule has 0 aliphatic heterocycles. The molecule has 1 heterocycles. The third kappa shape index (κ3) is 9.25. The summed E-state index contributed by atoms with van der Waals surface area (Å²) in [6.45, 7) is 1.90. The van der Waals surface area contributed by atoms with Gasteiger partial charge in [-0.1, -0.05) is 71.4 Å². The molecule has 5 rings (SSSR count). The van der Waals surface area contributed by atoms with Crippen molar-refractivity contribution in [3.05, 3.63) is 140 Å². The lowest BCUT2D eigenvalue weighted by molar-refractivity contribution is -0.384. The Balaban J connectivity index is 1.27. The second-order valence-electron chi connectivity index (χ2n) is 10.3. The van der Waals surface area contributed by atoms with E-state index in [0.29, 0.717) is 39.6 Å². The second-order valence-corrected chi connectivity index (χ2v) is 13.3. The Bertz CT molecular complexity index is 2000. The molecule has 3 amide bonds. The Labute approximate surface area is 293 Å². The largest absolute Gasteiger partial charge is 0.321 e. The van der Waals surface area contributed by atoms with Gasteiger partial charge in [0.2, 0.25) is 5.91 Å². The second kappa shape index (κ2) is 16.1. The molecule has 0 saturated heterocycles. The number of thioether (sulfide) groups is 1. The van der Waals surface area contributed by atoms with Gasteiger partial charge in [-0.2, -0.15) is 0 Å². The molecule has 1 aromatic heterocycles. The van der Waals surface area contributed by atoms with Crippen LogP contribution in [0.5, 0.6) is 0 Å². The summed E-state index contributed by atoms with van der Waals surface area (Å²) in [6, 6.07) is 29.2. The van der Waals surface area contributed by atoms with E-state index in [2.05, 4.69) is 36.9 Å². The minimum Gasteiger partial charge on any atom is -0.321 e. The summed E-state index contributed by atoms with van der Waals surface area (Å²) in [7, 11) is 0. The molecule has 0 fully saturated rings. The molecule has 10 nitrogen and oxygen atoms in total. The van der Waals surface area contributed by atoms with Crippen LogP contribution in [0.2, 0.25) is 0 Å². The lowest BCUT2D eigenvalue weighted by Crippen LogP contribution is -2.30. The minimum atomic E-state index is -0.519. The number of anilines is 2. The van der Waals surface area contributed by atoms with E-state index in [0.717, 1.165) is 9.37 Å². The van der Waals surface area contributed by atoms with Crippen LogP contribution >= 0.6 is 39.0 Å². The SMILES string of the molecule is CCC(Sc1cccc(NC(=O)/C(=C\c2cccc(Br)c2)NC(=O)c2ccccc2)c1)C(=O)Nc1nc(-c2cccc([N+](=O)[O-])c2)cs1. The van der Waals surface area contributed by atoms with Gasteiger partial charge in [0, 0.05) is 43.7 Å². The van der Waals surface area contributed by atoms with Gasteiger partial charge in [-0.15, -0.1) is 23.1 Å². The highest BCUT2D eigenvalue weighted by Crippen LogP contribution is 2.31. The predicted molar refractivity (Wildman–Crippen MR) is 194 cm³/mol. The molecule has 48 heavy (non-hydrogen) atoms. The number of hydrogen-bond donors (Lipinski definition) is 3. The summed E-state index contributed by atoms with van der Waals surface area (Å²) >= 11 is 6.00. The van der Waals surface area contributed by atoms with Crippen LogP contribution in [0.15, 0.2) is 124 Å². The molecule has 3 N–H and O–H groups in total. The monoisotopic (exact) mass is 741 g/mol. The number of benzene rings is 4. The van der Waals surface area contributed by atoms with Gasteiger partial charge in [-0.3, -0.25) is 24.5 Å². The number of rotatable bonds is 12. The number of non-ortho nitro benzene ring substituents is 1. The van der Waals surface area contributed by atoms with Gasteiger partial charge in [0.05, 0.1) is 15.9 Å². The fourth-order valence-electron chi connectivity index (χ4n) is 4.47. The van der Waals surface area contributed by atoms with E-state index in [-0.39, 0.29) is 17.3 Å². The molecule has 5 aromatic rings. The smallest absolute Gasteiger partial charge is 0.272 e. The zero-order chi connectivity index (χ0) is 34.0. The number of thiazole rings is 1. The maximum atomic E-state index is 13.5. The first kappa shape index (κ1) is 34.2. The quantitative estimate of drug-likeness (QED) is 0.0504. The highest BCUT2D eigenvalue weighted by molar-refractivity contribution is 9.10. The van der Waals surface area contributed by atoms with Crippen molar-refractivity contribution in [1.82, 2.24) is 10.3 Å². The van der Waals surface area contributed by atoms with E-state index in [1.165, 1.54) is 35.2 Å². The summed E-state index contributed by atoms with van der Waals surface area (Å²) in [5.41, 5.74) is 2.72. The maximum absolute atomic E-state index is 13.5. The van der Waals surface area contributed by atoms with Crippen molar-refractivity contribution in [2.75, 3.05) is 10.6 Å². The molecule has 4 aromatic carbocycles. The van der Waals surface area contributed by atoms with Gasteiger partial charge in [0.15, 0.2) is 5.13 Å². The summed E-state index contributed by atoms with van der Waals surface area (Å²) in [4.78, 5) is 55.6. The number of carbonyl (C=O) groups is 3. The van der Waals surface area contributed by atoms with Crippen LogP contribution in [0.3, 0.4) is 0 Å².